The minimum absolute atomic E-state index is 0.00114. The summed E-state index contributed by atoms with van der Waals surface area (Å²) in [5.41, 5.74) is 2.16. The fraction of sp³-hybridized carbons (Fsp3) is 0.318. The van der Waals surface area contributed by atoms with E-state index >= 15 is 0 Å². The topological polar surface area (TPSA) is 87.3 Å². The van der Waals surface area contributed by atoms with Gasteiger partial charge < -0.3 is 19.9 Å². The van der Waals surface area contributed by atoms with Crippen molar-refractivity contribution < 1.29 is 14.3 Å². The van der Waals surface area contributed by atoms with E-state index in [1.807, 2.05) is 35.2 Å². The van der Waals surface area contributed by atoms with E-state index < -0.39 is 0 Å². The number of pyridine rings is 1. The molecule has 0 spiro atoms. The molecule has 2 aromatic heterocycles. The van der Waals surface area contributed by atoms with E-state index in [9.17, 15) is 9.59 Å². The molecule has 0 saturated carbocycles. The van der Waals surface area contributed by atoms with Gasteiger partial charge >= 0.3 is 0 Å². The maximum atomic E-state index is 13.0. The molecule has 2 aliphatic heterocycles. The summed E-state index contributed by atoms with van der Waals surface area (Å²) in [6, 6.07) is 13.2. The molecule has 0 radical (unpaired) electrons. The van der Waals surface area contributed by atoms with Crippen molar-refractivity contribution >= 4 is 22.7 Å². The van der Waals surface area contributed by atoms with Crippen LogP contribution >= 0.6 is 0 Å². The molecule has 2 aliphatic rings. The third-order valence-corrected chi connectivity index (χ3v) is 5.95. The molecule has 0 bridgehead atoms. The van der Waals surface area contributed by atoms with Crippen LogP contribution in [0.5, 0.6) is 0 Å². The summed E-state index contributed by atoms with van der Waals surface area (Å²) in [5, 5.41) is 4.02. The number of benzene rings is 1. The van der Waals surface area contributed by atoms with Crippen LogP contribution < -0.4 is 5.32 Å². The quantitative estimate of drug-likeness (QED) is 0.714. The number of ether oxygens (including phenoxy) is 1. The van der Waals surface area contributed by atoms with Crippen LogP contribution in [0, 0.1) is 11.8 Å². The summed E-state index contributed by atoms with van der Waals surface area (Å²) in [5.74, 6) is 0.325. The van der Waals surface area contributed by atoms with Crippen LogP contribution in [0.1, 0.15) is 20.8 Å². The van der Waals surface area contributed by atoms with Gasteiger partial charge in [0.1, 0.15) is 5.69 Å². The average Bonchev–Trinajstić information content (AvgIpc) is 3.46. The van der Waals surface area contributed by atoms with Crippen LogP contribution in [0.3, 0.4) is 0 Å². The first-order valence-corrected chi connectivity index (χ1v) is 9.86. The van der Waals surface area contributed by atoms with Crippen LogP contribution in [-0.4, -0.2) is 59.0 Å². The summed E-state index contributed by atoms with van der Waals surface area (Å²) in [7, 11) is 0. The first kappa shape index (κ1) is 17.9. The number of hydrogen-bond acceptors (Lipinski definition) is 4. The maximum absolute atomic E-state index is 13.0. The molecule has 7 heteroatoms. The highest BCUT2D eigenvalue weighted by Gasteiger charge is 2.45. The molecule has 5 rings (SSSR count). The number of H-pyrrole nitrogens is 1. The SMILES string of the molecule is O=C(NC[C@H]1CO[C@@H]2CN(C(=O)c3cc4ccccc4[nH]3)C[C@H]12)c1ccncc1. The summed E-state index contributed by atoms with van der Waals surface area (Å²) < 4.78 is 5.94. The van der Waals surface area contributed by atoms with Crippen molar-refractivity contribution in [2.45, 2.75) is 6.10 Å². The highest BCUT2D eigenvalue weighted by molar-refractivity contribution is 5.98. The van der Waals surface area contributed by atoms with Gasteiger partial charge in [-0.2, -0.15) is 0 Å². The van der Waals surface area contributed by atoms with Crippen molar-refractivity contribution in [2.24, 2.45) is 11.8 Å². The number of fused-ring (bicyclic) bond motifs is 2. The van der Waals surface area contributed by atoms with Gasteiger partial charge in [-0.05, 0) is 24.3 Å². The monoisotopic (exact) mass is 390 g/mol. The molecule has 0 aliphatic carbocycles. The molecular formula is C22H22N4O3. The van der Waals surface area contributed by atoms with Gasteiger partial charge in [0, 0.05) is 60.3 Å². The average molecular weight is 390 g/mol. The standard InChI is InChI=1S/C22H22N4O3/c27-21(14-5-7-23-8-6-14)24-10-16-13-29-20-12-26(11-17(16)20)22(28)19-9-15-3-1-2-4-18(15)25-19/h1-9,16-17,20,25H,10-13H2,(H,24,27)/t16-,17+,20+/m0/s1. The molecule has 29 heavy (non-hydrogen) atoms. The van der Waals surface area contributed by atoms with Crippen molar-refractivity contribution in [3.05, 3.63) is 66.1 Å². The lowest BCUT2D eigenvalue weighted by Gasteiger charge is -2.19. The number of rotatable bonds is 4. The van der Waals surface area contributed by atoms with Gasteiger partial charge in [0.2, 0.25) is 0 Å². The Morgan fingerprint density at radius 1 is 1.17 bits per heavy atom. The maximum Gasteiger partial charge on any atom is 0.270 e. The molecule has 3 atom stereocenters. The van der Waals surface area contributed by atoms with Gasteiger partial charge in [-0.25, -0.2) is 0 Å². The molecular weight excluding hydrogens is 368 g/mol. The van der Waals surface area contributed by atoms with Gasteiger partial charge in [0.25, 0.3) is 11.8 Å². The highest BCUT2D eigenvalue weighted by Crippen LogP contribution is 2.34. The number of para-hydroxylation sites is 1. The van der Waals surface area contributed by atoms with Gasteiger partial charge in [-0.3, -0.25) is 14.6 Å². The van der Waals surface area contributed by atoms with E-state index in [4.69, 9.17) is 4.74 Å². The molecule has 2 N–H and O–H groups in total. The van der Waals surface area contributed by atoms with Crippen LogP contribution in [0.15, 0.2) is 54.9 Å². The van der Waals surface area contributed by atoms with E-state index in [2.05, 4.69) is 15.3 Å². The second kappa shape index (κ2) is 7.33. The van der Waals surface area contributed by atoms with Crippen LogP contribution in [0.4, 0.5) is 0 Å². The Kier molecular flexibility index (Phi) is 4.52. The Morgan fingerprint density at radius 3 is 2.83 bits per heavy atom. The van der Waals surface area contributed by atoms with E-state index in [0.717, 1.165) is 10.9 Å². The molecule has 2 amide bonds. The molecule has 7 nitrogen and oxygen atoms in total. The third-order valence-electron chi connectivity index (χ3n) is 5.95. The lowest BCUT2D eigenvalue weighted by atomic mass is 9.93. The zero-order valence-corrected chi connectivity index (χ0v) is 15.9. The molecule has 2 saturated heterocycles. The normalized spacial score (nSPS) is 23.3. The zero-order valence-electron chi connectivity index (χ0n) is 15.9. The van der Waals surface area contributed by atoms with E-state index in [0.29, 0.717) is 37.5 Å². The van der Waals surface area contributed by atoms with E-state index in [1.54, 1.807) is 24.5 Å². The summed E-state index contributed by atoms with van der Waals surface area (Å²) in [6.07, 6.45) is 3.24. The van der Waals surface area contributed by atoms with Gasteiger partial charge in [0.15, 0.2) is 0 Å². The number of nitrogens with one attached hydrogen (secondary N) is 2. The minimum Gasteiger partial charge on any atom is -0.376 e. The predicted molar refractivity (Wildman–Crippen MR) is 107 cm³/mol. The van der Waals surface area contributed by atoms with Crippen LogP contribution in [0.25, 0.3) is 10.9 Å². The lowest BCUT2D eigenvalue weighted by molar-refractivity contribution is 0.0671. The smallest absolute Gasteiger partial charge is 0.270 e. The predicted octanol–water partition coefficient (Wildman–Crippen LogP) is 2.08. The number of amides is 2. The number of carbonyl (C=O) groups excluding carboxylic acids is 2. The largest absolute Gasteiger partial charge is 0.376 e. The zero-order chi connectivity index (χ0) is 19.8. The summed E-state index contributed by atoms with van der Waals surface area (Å²) >= 11 is 0. The van der Waals surface area contributed by atoms with Crippen molar-refractivity contribution in [3.8, 4) is 0 Å². The van der Waals surface area contributed by atoms with Crippen molar-refractivity contribution in [3.63, 3.8) is 0 Å². The second-order valence-electron chi connectivity index (χ2n) is 7.72. The van der Waals surface area contributed by atoms with Crippen LogP contribution in [0.2, 0.25) is 0 Å². The molecule has 4 heterocycles. The molecule has 0 unspecified atom stereocenters. The van der Waals surface area contributed by atoms with Crippen molar-refractivity contribution in [2.75, 3.05) is 26.2 Å². The van der Waals surface area contributed by atoms with Crippen LogP contribution in [-0.2, 0) is 4.74 Å². The minimum atomic E-state index is -0.111. The molecule has 1 aromatic carbocycles. The number of hydrogen-bond donors (Lipinski definition) is 2. The fourth-order valence-corrected chi connectivity index (χ4v) is 4.36. The van der Waals surface area contributed by atoms with Gasteiger partial charge in [-0.15, -0.1) is 0 Å². The number of nitrogens with zero attached hydrogens (tertiary/aromatic N) is 2. The van der Waals surface area contributed by atoms with E-state index in [1.165, 1.54) is 0 Å². The molecule has 2 fully saturated rings. The van der Waals surface area contributed by atoms with E-state index in [-0.39, 0.29) is 29.8 Å². The van der Waals surface area contributed by atoms with Crippen molar-refractivity contribution in [1.29, 1.82) is 0 Å². The molecule has 3 aromatic rings. The highest BCUT2D eigenvalue weighted by atomic mass is 16.5. The Balaban J connectivity index is 1.22. The number of aromatic amines is 1. The van der Waals surface area contributed by atoms with Gasteiger partial charge in [-0.1, -0.05) is 18.2 Å². The second-order valence-corrected chi connectivity index (χ2v) is 7.72. The summed E-state index contributed by atoms with van der Waals surface area (Å²) in [4.78, 5) is 34.3. The summed E-state index contributed by atoms with van der Waals surface area (Å²) in [6.45, 7) is 2.39. The lowest BCUT2D eigenvalue weighted by Crippen LogP contribution is -2.35. The van der Waals surface area contributed by atoms with Gasteiger partial charge in [0.05, 0.1) is 12.7 Å². The number of likely N-dealkylation sites (tertiary alicyclic amines) is 1. The Labute approximate surface area is 168 Å². The van der Waals surface area contributed by atoms with Crippen molar-refractivity contribution in [1.82, 2.24) is 20.2 Å². The molecule has 148 valence electrons. The third kappa shape index (κ3) is 3.38. The Bertz CT molecular complexity index is 1020. The Hall–Kier alpha value is -3.19. The number of carbonyl (C=O) groups is 2. The number of aromatic nitrogens is 2. The fourth-order valence-electron chi connectivity index (χ4n) is 4.36. The Morgan fingerprint density at radius 2 is 2.00 bits per heavy atom. The first-order valence-electron chi connectivity index (χ1n) is 9.86. The first-order chi connectivity index (χ1) is 14.2.